The predicted molar refractivity (Wildman–Crippen MR) is 93.3 cm³/mol. The molecule has 1 aromatic heterocycles. The first-order valence-corrected chi connectivity index (χ1v) is 9.02. The maximum atomic E-state index is 12.0. The van der Waals surface area contributed by atoms with Crippen molar-refractivity contribution in [3.8, 4) is 0 Å². The van der Waals surface area contributed by atoms with E-state index in [1.165, 1.54) is 5.56 Å². The molecule has 22 heavy (non-hydrogen) atoms. The lowest BCUT2D eigenvalue weighted by Crippen LogP contribution is -2.27. The Labute approximate surface area is 142 Å². The third-order valence-electron chi connectivity index (χ3n) is 3.69. The van der Waals surface area contributed by atoms with Crippen molar-refractivity contribution in [3.63, 3.8) is 0 Å². The molecule has 1 atom stereocenters. The summed E-state index contributed by atoms with van der Waals surface area (Å²) in [4.78, 5) is 17.4. The van der Waals surface area contributed by atoms with Gasteiger partial charge in [0.1, 0.15) is 0 Å². The fraction of sp³-hybridized carbons (Fsp3) is 0.375. The van der Waals surface area contributed by atoms with Gasteiger partial charge in [0.05, 0.1) is 0 Å². The van der Waals surface area contributed by atoms with Crippen molar-refractivity contribution in [2.45, 2.75) is 31.7 Å². The first-order valence-electron chi connectivity index (χ1n) is 7.41. The fourth-order valence-electron chi connectivity index (χ4n) is 2.58. The van der Waals surface area contributed by atoms with Crippen LogP contribution in [0.15, 0.2) is 34.9 Å². The minimum atomic E-state index is 0.0453. The summed E-state index contributed by atoms with van der Waals surface area (Å²) >= 11 is 4.98. The van der Waals surface area contributed by atoms with Crippen LogP contribution in [0.4, 0.5) is 5.13 Å². The molecule has 116 valence electrons. The van der Waals surface area contributed by atoms with Crippen LogP contribution < -0.4 is 10.6 Å². The van der Waals surface area contributed by atoms with Gasteiger partial charge in [-0.2, -0.15) is 0 Å². The number of nitrogens with zero attached hydrogens (tertiary/aromatic N) is 1. The number of thiazole rings is 1. The summed E-state index contributed by atoms with van der Waals surface area (Å²) in [6.07, 6.45) is 5.45. The number of halogens is 1. The van der Waals surface area contributed by atoms with Crippen LogP contribution >= 0.6 is 27.3 Å². The lowest BCUT2D eigenvalue weighted by atomic mass is 10.1. The number of hydrogen-bond donors (Lipinski definition) is 2. The summed E-state index contributed by atoms with van der Waals surface area (Å²) in [6.45, 7) is 1.02. The fourth-order valence-corrected chi connectivity index (χ4v) is 3.70. The molecule has 4 nitrogen and oxygen atoms in total. The van der Waals surface area contributed by atoms with E-state index in [9.17, 15) is 4.79 Å². The zero-order chi connectivity index (χ0) is 15.4. The van der Waals surface area contributed by atoms with E-state index in [-0.39, 0.29) is 5.91 Å². The van der Waals surface area contributed by atoms with E-state index in [4.69, 9.17) is 0 Å². The minimum absolute atomic E-state index is 0.0453. The van der Waals surface area contributed by atoms with Gasteiger partial charge in [0, 0.05) is 34.4 Å². The van der Waals surface area contributed by atoms with E-state index in [2.05, 4.69) is 43.7 Å². The molecule has 1 fully saturated rings. The molecule has 1 aliphatic heterocycles. The highest BCUT2D eigenvalue weighted by atomic mass is 79.9. The number of carbonyl (C=O) groups is 1. The molecular weight excluding hydrogens is 362 g/mol. The van der Waals surface area contributed by atoms with Gasteiger partial charge in [-0.1, -0.05) is 28.1 Å². The molecule has 6 heteroatoms. The molecule has 2 aromatic rings. The minimum Gasteiger partial charge on any atom is -0.313 e. The van der Waals surface area contributed by atoms with Crippen LogP contribution in [0.25, 0.3) is 0 Å². The number of aromatic nitrogens is 1. The molecule has 1 unspecified atom stereocenters. The van der Waals surface area contributed by atoms with Crippen molar-refractivity contribution in [2.75, 3.05) is 11.9 Å². The highest BCUT2D eigenvalue weighted by Crippen LogP contribution is 2.22. The molecule has 0 bridgehead atoms. The molecule has 2 N–H and O–H groups in total. The van der Waals surface area contributed by atoms with Gasteiger partial charge >= 0.3 is 0 Å². The summed E-state index contributed by atoms with van der Waals surface area (Å²) in [5, 5.41) is 6.93. The number of amides is 1. The molecule has 1 amide bonds. The average molecular weight is 380 g/mol. The molecule has 2 heterocycles. The summed E-state index contributed by atoms with van der Waals surface area (Å²) in [6, 6.07) is 8.57. The van der Waals surface area contributed by atoms with Crippen LogP contribution in [0.2, 0.25) is 0 Å². The molecule has 1 aliphatic rings. The second kappa shape index (κ2) is 7.35. The predicted octanol–water partition coefficient (Wildman–Crippen LogP) is 3.58. The summed E-state index contributed by atoms with van der Waals surface area (Å²) in [7, 11) is 0. The van der Waals surface area contributed by atoms with E-state index in [0.29, 0.717) is 17.6 Å². The first kappa shape index (κ1) is 15.6. The maximum Gasteiger partial charge on any atom is 0.227 e. The Hall–Kier alpha value is -1.24. The van der Waals surface area contributed by atoms with Crippen LogP contribution in [-0.4, -0.2) is 23.5 Å². The van der Waals surface area contributed by atoms with E-state index in [0.717, 1.165) is 35.2 Å². The van der Waals surface area contributed by atoms with Gasteiger partial charge in [-0.05, 0) is 37.1 Å². The van der Waals surface area contributed by atoms with Gasteiger partial charge in [-0.15, -0.1) is 11.3 Å². The monoisotopic (exact) mass is 379 g/mol. The van der Waals surface area contributed by atoms with Gasteiger partial charge in [0.2, 0.25) is 5.91 Å². The van der Waals surface area contributed by atoms with Gasteiger partial charge in [-0.3, -0.25) is 4.79 Å². The van der Waals surface area contributed by atoms with Gasteiger partial charge in [0.25, 0.3) is 0 Å². The number of carbonyl (C=O) groups excluding carboxylic acids is 1. The van der Waals surface area contributed by atoms with Gasteiger partial charge < -0.3 is 10.6 Å². The smallest absolute Gasteiger partial charge is 0.227 e. The quantitative estimate of drug-likeness (QED) is 0.834. The van der Waals surface area contributed by atoms with E-state index < -0.39 is 0 Å². The number of nitrogens with one attached hydrogen (secondary N) is 2. The Kier molecular flexibility index (Phi) is 5.23. The topological polar surface area (TPSA) is 54.0 Å². The highest BCUT2D eigenvalue weighted by molar-refractivity contribution is 9.10. The zero-order valence-electron chi connectivity index (χ0n) is 12.1. The molecule has 0 saturated carbocycles. The maximum absolute atomic E-state index is 12.0. The molecule has 0 radical (unpaired) electrons. The molecule has 1 saturated heterocycles. The van der Waals surface area contributed by atoms with Crippen LogP contribution in [0.3, 0.4) is 0 Å². The second-order valence-electron chi connectivity index (χ2n) is 5.48. The largest absolute Gasteiger partial charge is 0.313 e. The third-order valence-corrected chi connectivity index (χ3v) is 5.13. The number of benzene rings is 1. The Bertz CT molecular complexity index is 635. The summed E-state index contributed by atoms with van der Waals surface area (Å²) in [5.41, 5.74) is 1.24. The molecule has 1 aromatic carbocycles. The van der Waals surface area contributed by atoms with Crippen molar-refractivity contribution in [2.24, 2.45) is 0 Å². The van der Waals surface area contributed by atoms with Crippen molar-refractivity contribution in [1.82, 2.24) is 10.3 Å². The lowest BCUT2D eigenvalue weighted by molar-refractivity contribution is -0.116. The molecule has 0 aliphatic carbocycles. The lowest BCUT2D eigenvalue weighted by Gasteiger charge is -2.08. The Morgan fingerprint density at radius 3 is 2.95 bits per heavy atom. The Morgan fingerprint density at radius 1 is 1.41 bits per heavy atom. The standard InChI is InChI=1S/C16H18BrN3OS/c17-12-5-3-11(4-6-12)8-14-10-19-16(22-14)20-15(21)9-13-2-1-7-18-13/h3-6,10,13,18H,1-2,7-9H2,(H,19,20,21). The van der Waals surface area contributed by atoms with Crippen LogP contribution in [0.5, 0.6) is 0 Å². The second-order valence-corrected chi connectivity index (χ2v) is 7.51. The van der Waals surface area contributed by atoms with E-state index >= 15 is 0 Å². The average Bonchev–Trinajstić information content (AvgIpc) is 3.14. The highest BCUT2D eigenvalue weighted by Gasteiger charge is 2.18. The first-order chi connectivity index (χ1) is 10.7. The SMILES string of the molecule is O=C(CC1CCCN1)Nc1ncc(Cc2ccc(Br)cc2)s1. The summed E-state index contributed by atoms with van der Waals surface area (Å²) in [5.74, 6) is 0.0453. The van der Waals surface area contributed by atoms with Crippen LogP contribution in [0, 0.1) is 0 Å². The van der Waals surface area contributed by atoms with Crippen molar-refractivity contribution in [3.05, 3.63) is 45.4 Å². The zero-order valence-corrected chi connectivity index (χ0v) is 14.5. The molecule has 0 spiro atoms. The normalized spacial score (nSPS) is 17.6. The van der Waals surface area contributed by atoms with Crippen LogP contribution in [-0.2, 0) is 11.2 Å². The Morgan fingerprint density at radius 2 is 2.23 bits per heavy atom. The van der Waals surface area contributed by atoms with Gasteiger partial charge in [0.15, 0.2) is 5.13 Å². The Balaban J connectivity index is 1.54. The van der Waals surface area contributed by atoms with Crippen molar-refractivity contribution < 1.29 is 4.79 Å². The van der Waals surface area contributed by atoms with E-state index in [1.54, 1.807) is 11.3 Å². The molecule has 3 rings (SSSR count). The number of anilines is 1. The number of rotatable bonds is 5. The number of hydrogen-bond acceptors (Lipinski definition) is 4. The van der Waals surface area contributed by atoms with Crippen LogP contribution in [0.1, 0.15) is 29.7 Å². The third kappa shape index (κ3) is 4.38. The van der Waals surface area contributed by atoms with E-state index in [1.807, 2.05) is 18.3 Å². The summed E-state index contributed by atoms with van der Waals surface area (Å²) < 4.78 is 1.08. The van der Waals surface area contributed by atoms with Crippen molar-refractivity contribution in [1.29, 1.82) is 0 Å². The molecular formula is C16H18BrN3OS. The van der Waals surface area contributed by atoms with Gasteiger partial charge in [-0.25, -0.2) is 4.98 Å². The van der Waals surface area contributed by atoms with Crippen molar-refractivity contribution >= 4 is 38.3 Å².